The molecule has 0 spiro atoms. The number of hydrogen-bond donors (Lipinski definition) is 2. The quantitative estimate of drug-likeness (QED) is 0.748. The van der Waals surface area contributed by atoms with Crippen molar-refractivity contribution in [3.63, 3.8) is 0 Å². The summed E-state index contributed by atoms with van der Waals surface area (Å²) < 4.78 is 5.56. The van der Waals surface area contributed by atoms with Gasteiger partial charge in [0.25, 0.3) is 0 Å². The maximum absolute atomic E-state index is 11.9. The van der Waals surface area contributed by atoms with Crippen molar-refractivity contribution in [3.8, 4) is 5.75 Å². The van der Waals surface area contributed by atoms with E-state index in [0.29, 0.717) is 18.2 Å². The Morgan fingerprint density at radius 3 is 2.57 bits per heavy atom. The lowest BCUT2D eigenvalue weighted by atomic mass is 10.1. The molecule has 0 fully saturated rings. The lowest BCUT2D eigenvalue weighted by Gasteiger charge is -2.16. The van der Waals surface area contributed by atoms with E-state index in [2.05, 4.69) is 10.6 Å². The number of hydrogen-bond acceptors (Lipinski definition) is 2. The van der Waals surface area contributed by atoms with E-state index in [1.165, 1.54) is 0 Å². The Morgan fingerprint density at radius 1 is 1.13 bits per heavy atom. The molecule has 0 aromatic heterocycles. The lowest BCUT2D eigenvalue weighted by Crippen LogP contribution is -2.37. The van der Waals surface area contributed by atoms with Crippen molar-refractivity contribution in [1.82, 2.24) is 10.6 Å². The first-order valence-corrected chi connectivity index (χ1v) is 8.01. The summed E-state index contributed by atoms with van der Waals surface area (Å²) in [7, 11) is 0. The van der Waals surface area contributed by atoms with Crippen molar-refractivity contribution < 1.29 is 9.53 Å². The molecule has 2 N–H and O–H groups in total. The molecule has 2 amide bonds. The zero-order chi connectivity index (χ0) is 16.5. The van der Waals surface area contributed by atoms with Gasteiger partial charge in [-0.3, -0.25) is 0 Å². The third kappa shape index (κ3) is 5.83. The number of rotatable bonds is 7. The number of amides is 2. The fourth-order valence-corrected chi connectivity index (χ4v) is 2.43. The van der Waals surface area contributed by atoms with E-state index in [9.17, 15) is 4.79 Å². The summed E-state index contributed by atoms with van der Waals surface area (Å²) in [6, 6.07) is 16.7. The Kier molecular flexibility index (Phi) is 6.76. The highest BCUT2D eigenvalue weighted by atomic mass is 35.5. The molecule has 4 nitrogen and oxygen atoms in total. The number of urea groups is 1. The standard InChI is InChI=1S/C18H21ClN2O2/c1-14(16-10-5-6-11-17(16)19)21-18(22)20-12-7-13-23-15-8-3-2-4-9-15/h2-6,8-11,14H,7,12-13H2,1H3,(H2,20,21,22). The van der Waals surface area contributed by atoms with Gasteiger partial charge in [0.05, 0.1) is 12.6 Å². The lowest BCUT2D eigenvalue weighted by molar-refractivity contribution is 0.236. The van der Waals surface area contributed by atoms with Crippen LogP contribution in [0.5, 0.6) is 5.75 Å². The molecule has 0 radical (unpaired) electrons. The minimum atomic E-state index is -0.211. The third-order valence-electron chi connectivity index (χ3n) is 3.34. The first-order chi connectivity index (χ1) is 11.2. The van der Waals surface area contributed by atoms with E-state index in [0.717, 1.165) is 17.7 Å². The third-order valence-corrected chi connectivity index (χ3v) is 3.68. The van der Waals surface area contributed by atoms with Crippen LogP contribution in [0, 0.1) is 0 Å². The Balaban J connectivity index is 1.64. The van der Waals surface area contributed by atoms with Crippen LogP contribution in [0.15, 0.2) is 54.6 Å². The van der Waals surface area contributed by atoms with E-state index >= 15 is 0 Å². The van der Waals surface area contributed by atoms with Crippen molar-refractivity contribution in [2.45, 2.75) is 19.4 Å². The molecule has 0 saturated carbocycles. The molecule has 2 aromatic rings. The van der Waals surface area contributed by atoms with Crippen LogP contribution in [0.2, 0.25) is 5.02 Å². The van der Waals surface area contributed by atoms with Crippen molar-refractivity contribution in [1.29, 1.82) is 0 Å². The summed E-state index contributed by atoms with van der Waals surface area (Å²) in [5, 5.41) is 6.34. The van der Waals surface area contributed by atoms with Crippen molar-refractivity contribution in [2.75, 3.05) is 13.2 Å². The summed E-state index contributed by atoms with van der Waals surface area (Å²) in [4.78, 5) is 11.9. The predicted molar refractivity (Wildman–Crippen MR) is 93.0 cm³/mol. The zero-order valence-corrected chi connectivity index (χ0v) is 13.8. The second kappa shape index (κ2) is 9.06. The van der Waals surface area contributed by atoms with E-state index < -0.39 is 0 Å². The predicted octanol–water partition coefficient (Wildman–Crippen LogP) is 4.17. The molecule has 1 unspecified atom stereocenters. The second-order valence-electron chi connectivity index (χ2n) is 5.16. The first kappa shape index (κ1) is 17.2. The Hall–Kier alpha value is -2.20. The summed E-state index contributed by atoms with van der Waals surface area (Å²) >= 11 is 6.12. The van der Waals surface area contributed by atoms with Gasteiger partial charge in [0.1, 0.15) is 5.75 Å². The number of nitrogens with one attached hydrogen (secondary N) is 2. The fourth-order valence-electron chi connectivity index (χ4n) is 2.13. The van der Waals surface area contributed by atoms with Crippen molar-refractivity contribution in [2.24, 2.45) is 0 Å². The second-order valence-corrected chi connectivity index (χ2v) is 5.57. The Labute approximate surface area is 141 Å². The molecule has 0 aliphatic heterocycles. The molecule has 2 rings (SSSR count). The minimum absolute atomic E-state index is 0.149. The number of ether oxygens (including phenoxy) is 1. The highest BCUT2D eigenvalue weighted by Crippen LogP contribution is 2.21. The molecular weight excluding hydrogens is 312 g/mol. The number of carbonyl (C=O) groups is 1. The van der Waals surface area contributed by atoms with E-state index in [1.54, 1.807) is 0 Å². The molecule has 5 heteroatoms. The number of para-hydroxylation sites is 1. The molecule has 1 atom stereocenters. The van der Waals surface area contributed by atoms with Crippen LogP contribution in [0.25, 0.3) is 0 Å². The van der Waals surface area contributed by atoms with Crippen molar-refractivity contribution in [3.05, 3.63) is 65.2 Å². The Bertz CT molecular complexity index is 619. The minimum Gasteiger partial charge on any atom is -0.494 e. The molecule has 0 aliphatic carbocycles. The topological polar surface area (TPSA) is 50.4 Å². The Morgan fingerprint density at radius 2 is 1.83 bits per heavy atom. The monoisotopic (exact) mass is 332 g/mol. The van der Waals surface area contributed by atoms with Crippen LogP contribution in [0.4, 0.5) is 4.79 Å². The molecule has 0 bridgehead atoms. The summed E-state index contributed by atoms with van der Waals surface area (Å²) in [6.45, 7) is 3.01. The van der Waals surface area contributed by atoms with Crippen molar-refractivity contribution >= 4 is 17.6 Å². The van der Waals surface area contributed by atoms with Gasteiger partial charge in [0.15, 0.2) is 0 Å². The van der Waals surface area contributed by atoms with E-state index in [4.69, 9.17) is 16.3 Å². The van der Waals surface area contributed by atoms with Gasteiger partial charge in [-0.15, -0.1) is 0 Å². The number of carbonyl (C=O) groups excluding carboxylic acids is 1. The number of halogens is 1. The normalized spacial score (nSPS) is 11.6. The van der Waals surface area contributed by atoms with Gasteiger partial charge in [0, 0.05) is 11.6 Å². The van der Waals surface area contributed by atoms with Crippen LogP contribution in [-0.2, 0) is 0 Å². The van der Waals surface area contributed by atoms with Crippen LogP contribution in [0.3, 0.4) is 0 Å². The van der Waals surface area contributed by atoms with Crippen LogP contribution in [0.1, 0.15) is 24.9 Å². The molecule has 2 aromatic carbocycles. The average molecular weight is 333 g/mol. The van der Waals surface area contributed by atoms with Crippen LogP contribution < -0.4 is 15.4 Å². The molecule has 0 aliphatic rings. The highest BCUT2D eigenvalue weighted by Gasteiger charge is 2.11. The first-order valence-electron chi connectivity index (χ1n) is 7.63. The molecule has 122 valence electrons. The van der Waals surface area contributed by atoms with E-state index in [-0.39, 0.29) is 12.1 Å². The SMILES string of the molecule is CC(NC(=O)NCCCOc1ccccc1)c1ccccc1Cl. The fraction of sp³-hybridized carbons (Fsp3) is 0.278. The van der Waals surface area contributed by atoms with Crippen LogP contribution in [-0.4, -0.2) is 19.2 Å². The van der Waals surface area contributed by atoms with Gasteiger partial charge < -0.3 is 15.4 Å². The van der Waals surface area contributed by atoms with Gasteiger partial charge in [-0.2, -0.15) is 0 Å². The summed E-state index contributed by atoms with van der Waals surface area (Å²) in [5.74, 6) is 0.837. The highest BCUT2D eigenvalue weighted by molar-refractivity contribution is 6.31. The summed E-state index contributed by atoms with van der Waals surface area (Å²) in [5.41, 5.74) is 0.900. The van der Waals surface area contributed by atoms with Gasteiger partial charge >= 0.3 is 6.03 Å². The van der Waals surface area contributed by atoms with Gasteiger partial charge in [-0.1, -0.05) is 48.0 Å². The number of benzene rings is 2. The molecule has 23 heavy (non-hydrogen) atoms. The van der Waals surface area contributed by atoms with Crippen LogP contribution >= 0.6 is 11.6 Å². The van der Waals surface area contributed by atoms with Gasteiger partial charge in [0.2, 0.25) is 0 Å². The maximum atomic E-state index is 11.9. The maximum Gasteiger partial charge on any atom is 0.315 e. The molecule has 0 heterocycles. The van der Waals surface area contributed by atoms with E-state index in [1.807, 2.05) is 61.5 Å². The molecule has 0 saturated heterocycles. The molecular formula is C18H21ClN2O2. The summed E-state index contributed by atoms with van der Waals surface area (Å²) in [6.07, 6.45) is 0.739. The average Bonchev–Trinajstić information content (AvgIpc) is 2.56. The largest absolute Gasteiger partial charge is 0.494 e. The smallest absolute Gasteiger partial charge is 0.315 e. The van der Waals surface area contributed by atoms with Gasteiger partial charge in [-0.25, -0.2) is 4.79 Å². The zero-order valence-electron chi connectivity index (χ0n) is 13.1. The van der Waals surface area contributed by atoms with Gasteiger partial charge in [-0.05, 0) is 37.1 Å².